The Balaban J connectivity index is 0. The molecule has 0 aromatic carbocycles. The van der Waals surface area contributed by atoms with E-state index in [2.05, 4.69) is 34.3 Å². The minimum absolute atomic E-state index is 1.22. The third kappa shape index (κ3) is 16.4. The van der Waals surface area contributed by atoms with Gasteiger partial charge in [0.1, 0.15) is 0 Å². The van der Waals surface area contributed by atoms with Crippen LogP contribution in [0.1, 0.15) is 66.2 Å². The summed E-state index contributed by atoms with van der Waals surface area (Å²) in [4.78, 5) is 0. The summed E-state index contributed by atoms with van der Waals surface area (Å²) >= 11 is 0. The molecule has 0 aliphatic rings. The van der Waals surface area contributed by atoms with Crippen LogP contribution in [-0.4, -0.2) is 0 Å². The maximum Gasteiger partial charge on any atom is -0.0326 e. The van der Waals surface area contributed by atoms with Gasteiger partial charge in [-0.3, -0.25) is 0 Å². The zero-order valence-electron chi connectivity index (χ0n) is 9.45. The highest BCUT2D eigenvalue weighted by molar-refractivity contribution is 4.92. The van der Waals surface area contributed by atoms with Crippen LogP contribution in [0.2, 0.25) is 0 Å². The lowest BCUT2D eigenvalue weighted by Crippen LogP contribution is -1.77. The fraction of sp³-hybridized carbons (Fsp3) is 0.833. The van der Waals surface area contributed by atoms with Gasteiger partial charge in [-0.1, -0.05) is 65.5 Å². The number of hydrogen-bond donors (Lipinski definition) is 0. The second kappa shape index (κ2) is 13.3. The van der Waals surface area contributed by atoms with Gasteiger partial charge >= 0.3 is 0 Å². The van der Waals surface area contributed by atoms with Crippen LogP contribution in [0.15, 0.2) is 12.2 Å². The summed E-state index contributed by atoms with van der Waals surface area (Å²) in [6.45, 7) is 12.7. The van der Waals surface area contributed by atoms with Crippen molar-refractivity contribution >= 4 is 0 Å². The Kier molecular flexibility index (Phi) is 15.9. The van der Waals surface area contributed by atoms with Crippen molar-refractivity contribution in [2.75, 3.05) is 0 Å². The van der Waals surface area contributed by atoms with Crippen LogP contribution in [-0.2, 0) is 0 Å². The molecule has 0 saturated heterocycles. The molecule has 12 heavy (non-hydrogen) atoms. The van der Waals surface area contributed by atoms with Gasteiger partial charge in [0.2, 0.25) is 0 Å². The largest absolute Gasteiger partial charge is 0.0999 e. The zero-order valence-corrected chi connectivity index (χ0v) is 9.45. The van der Waals surface area contributed by atoms with E-state index < -0.39 is 0 Å². The minimum atomic E-state index is 1.22. The predicted octanol–water partition coefficient (Wildman–Crippen LogP) is 4.95. The first-order chi connectivity index (χ1) is 5.72. The van der Waals surface area contributed by atoms with E-state index in [1.165, 1.54) is 44.1 Å². The van der Waals surface area contributed by atoms with Gasteiger partial charge in [0.05, 0.1) is 0 Å². The molecule has 0 atom stereocenters. The summed E-state index contributed by atoms with van der Waals surface area (Å²) in [6.07, 6.45) is 7.57. The number of hydrogen-bond acceptors (Lipinski definition) is 0. The zero-order chi connectivity index (χ0) is 9.82. The molecule has 0 spiro atoms. The highest BCUT2D eigenvalue weighted by Gasteiger charge is 1.87. The van der Waals surface area contributed by atoms with Crippen molar-refractivity contribution in [3.63, 3.8) is 0 Å². The van der Waals surface area contributed by atoms with Crippen LogP contribution in [0.25, 0.3) is 0 Å². The third-order valence-electron chi connectivity index (χ3n) is 1.71. The van der Waals surface area contributed by atoms with E-state index in [0.717, 1.165) is 0 Å². The van der Waals surface area contributed by atoms with Gasteiger partial charge in [-0.15, -0.1) is 0 Å². The van der Waals surface area contributed by atoms with Crippen molar-refractivity contribution in [1.29, 1.82) is 0 Å². The maximum absolute atomic E-state index is 3.93. The Bertz CT molecular complexity index is 72.0. The van der Waals surface area contributed by atoms with Crippen LogP contribution in [0.4, 0.5) is 0 Å². The van der Waals surface area contributed by atoms with Crippen LogP contribution < -0.4 is 0 Å². The molecule has 0 heterocycles. The van der Waals surface area contributed by atoms with E-state index in [9.17, 15) is 0 Å². The standard InChI is InChI=1S/C8H16.C4H10/c1-4-6-8(3)7-5-2;1-3-4-2/h3-7H2,1-2H3;3-4H2,1-2H3. The molecule has 74 valence electrons. The lowest BCUT2D eigenvalue weighted by atomic mass is 10.1. The van der Waals surface area contributed by atoms with Crippen molar-refractivity contribution < 1.29 is 0 Å². The Morgan fingerprint density at radius 3 is 1.25 bits per heavy atom. The van der Waals surface area contributed by atoms with Gasteiger partial charge in [-0.25, -0.2) is 0 Å². The number of unbranched alkanes of at least 4 members (excludes halogenated alkanes) is 1. The van der Waals surface area contributed by atoms with Gasteiger partial charge in [0.25, 0.3) is 0 Å². The lowest BCUT2D eigenvalue weighted by Gasteiger charge is -1.97. The van der Waals surface area contributed by atoms with Gasteiger partial charge < -0.3 is 0 Å². The maximum atomic E-state index is 3.93. The first-order valence-electron chi connectivity index (χ1n) is 5.39. The molecular formula is C12H26. The molecule has 0 aromatic heterocycles. The van der Waals surface area contributed by atoms with E-state index in [1.807, 2.05) is 0 Å². The fourth-order valence-electron chi connectivity index (χ4n) is 0.832. The highest BCUT2D eigenvalue weighted by atomic mass is 13.9. The molecule has 0 radical (unpaired) electrons. The molecule has 0 rings (SSSR count). The second-order valence-corrected chi connectivity index (χ2v) is 3.25. The van der Waals surface area contributed by atoms with Crippen LogP contribution in [0, 0.1) is 0 Å². The Hall–Kier alpha value is -0.260. The molecule has 0 heteroatoms. The SMILES string of the molecule is C=C(CCC)CCC.CCCC. The van der Waals surface area contributed by atoms with Crippen molar-refractivity contribution in [3.05, 3.63) is 12.2 Å². The van der Waals surface area contributed by atoms with Crippen LogP contribution in [0.5, 0.6) is 0 Å². The van der Waals surface area contributed by atoms with Crippen LogP contribution in [0.3, 0.4) is 0 Å². The summed E-state index contributed by atoms with van der Waals surface area (Å²) < 4.78 is 0. The van der Waals surface area contributed by atoms with Crippen LogP contribution >= 0.6 is 0 Å². The fourth-order valence-corrected chi connectivity index (χ4v) is 0.832. The van der Waals surface area contributed by atoms with Crippen molar-refractivity contribution in [1.82, 2.24) is 0 Å². The molecule has 0 fully saturated rings. The first kappa shape index (κ1) is 14.3. The summed E-state index contributed by atoms with van der Waals surface area (Å²) in [5.74, 6) is 0. The average molecular weight is 170 g/mol. The second-order valence-electron chi connectivity index (χ2n) is 3.25. The Labute approximate surface area is 79.1 Å². The molecule has 0 aliphatic carbocycles. The molecular weight excluding hydrogens is 144 g/mol. The summed E-state index contributed by atoms with van der Waals surface area (Å²) in [6, 6.07) is 0. The van der Waals surface area contributed by atoms with E-state index in [0.29, 0.717) is 0 Å². The summed E-state index contributed by atoms with van der Waals surface area (Å²) in [7, 11) is 0. The molecule has 0 bridgehead atoms. The Morgan fingerprint density at radius 2 is 1.08 bits per heavy atom. The normalized spacial score (nSPS) is 8.67. The van der Waals surface area contributed by atoms with E-state index in [4.69, 9.17) is 0 Å². The monoisotopic (exact) mass is 170 g/mol. The summed E-state index contributed by atoms with van der Waals surface area (Å²) in [5, 5.41) is 0. The van der Waals surface area contributed by atoms with E-state index in [1.54, 1.807) is 0 Å². The molecule has 0 aromatic rings. The quantitative estimate of drug-likeness (QED) is 0.512. The third-order valence-corrected chi connectivity index (χ3v) is 1.71. The summed E-state index contributed by atoms with van der Waals surface area (Å²) in [5.41, 5.74) is 1.41. The molecule has 0 aliphatic heterocycles. The van der Waals surface area contributed by atoms with Gasteiger partial charge in [-0.05, 0) is 12.8 Å². The molecule has 0 N–H and O–H groups in total. The predicted molar refractivity (Wildman–Crippen MR) is 59.5 cm³/mol. The molecule has 0 nitrogen and oxygen atoms in total. The van der Waals surface area contributed by atoms with Crippen molar-refractivity contribution in [3.8, 4) is 0 Å². The van der Waals surface area contributed by atoms with E-state index >= 15 is 0 Å². The number of rotatable bonds is 5. The topological polar surface area (TPSA) is 0 Å². The smallest absolute Gasteiger partial charge is 0.0326 e. The highest BCUT2D eigenvalue weighted by Crippen LogP contribution is 2.07. The first-order valence-corrected chi connectivity index (χ1v) is 5.39. The van der Waals surface area contributed by atoms with Gasteiger partial charge in [0, 0.05) is 0 Å². The van der Waals surface area contributed by atoms with Crippen molar-refractivity contribution in [2.45, 2.75) is 66.2 Å². The number of allylic oxidation sites excluding steroid dienone is 1. The van der Waals surface area contributed by atoms with Gasteiger partial charge in [0.15, 0.2) is 0 Å². The lowest BCUT2D eigenvalue weighted by molar-refractivity contribution is 0.807. The van der Waals surface area contributed by atoms with Crippen molar-refractivity contribution in [2.24, 2.45) is 0 Å². The Morgan fingerprint density at radius 1 is 0.750 bits per heavy atom. The molecule has 0 saturated carbocycles. The minimum Gasteiger partial charge on any atom is -0.0999 e. The molecule has 0 unspecified atom stereocenters. The van der Waals surface area contributed by atoms with Gasteiger partial charge in [-0.2, -0.15) is 0 Å². The van der Waals surface area contributed by atoms with E-state index in [-0.39, 0.29) is 0 Å². The molecule has 0 amide bonds. The average Bonchev–Trinajstić information content (AvgIpc) is 2.06.